The Hall–Kier alpha value is -1.67. The van der Waals surface area contributed by atoms with Crippen molar-refractivity contribution in [2.75, 3.05) is 21.1 Å². The molecule has 0 amide bonds. The SMILES string of the molecule is CN=C(NCc1ccccn1)NCc1ccccc1CN(C)C.I. The van der Waals surface area contributed by atoms with Crippen molar-refractivity contribution in [3.8, 4) is 0 Å². The number of benzene rings is 1. The lowest BCUT2D eigenvalue weighted by Gasteiger charge is -2.16. The number of aliphatic imine (C=N–C) groups is 1. The van der Waals surface area contributed by atoms with Crippen LogP contribution in [0.4, 0.5) is 0 Å². The number of guanidine groups is 1. The lowest BCUT2D eigenvalue weighted by molar-refractivity contribution is 0.400. The number of nitrogens with one attached hydrogen (secondary N) is 2. The second kappa shape index (κ2) is 11.0. The van der Waals surface area contributed by atoms with Crippen LogP contribution in [0.3, 0.4) is 0 Å². The highest BCUT2D eigenvalue weighted by Gasteiger charge is 2.04. The summed E-state index contributed by atoms with van der Waals surface area (Å²) < 4.78 is 0. The van der Waals surface area contributed by atoms with Gasteiger partial charge in [-0.3, -0.25) is 9.98 Å². The monoisotopic (exact) mass is 439 g/mol. The Labute approximate surface area is 161 Å². The van der Waals surface area contributed by atoms with Crippen molar-refractivity contribution >= 4 is 29.9 Å². The maximum Gasteiger partial charge on any atom is 0.191 e. The molecule has 0 bridgehead atoms. The van der Waals surface area contributed by atoms with Crippen LogP contribution in [0, 0.1) is 0 Å². The van der Waals surface area contributed by atoms with E-state index in [1.807, 2.05) is 18.2 Å². The molecule has 0 fully saturated rings. The van der Waals surface area contributed by atoms with Gasteiger partial charge in [-0.15, -0.1) is 24.0 Å². The van der Waals surface area contributed by atoms with Crippen molar-refractivity contribution in [2.45, 2.75) is 19.6 Å². The molecule has 0 spiro atoms. The number of rotatable bonds is 6. The topological polar surface area (TPSA) is 52.6 Å². The summed E-state index contributed by atoms with van der Waals surface area (Å²) in [4.78, 5) is 10.7. The molecule has 0 unspecified atom stereocenters. The normalized spacial score (nSPS) is 11.1. The zero-order chi connectivity index (χ0) is 16.5. The maximum atomic E-state index is 4.30. The molecule has 0 aliphatic heterocycles. The lowest BCUT2D eigenvalue weighted by atomic mass is 10.1. The molecule has 0 aliphatic carbocycles. The largest absolute Gasteiger partial charge is 0.352 e. The summed E-state index contributed by atoms with van der Waals surface area (Å²) in [5, 5.41) is 6.64. The molecule has 1 aromatic carbocycles. The molecule has 2 N–H and O–H groups in total. The van der Waals surface area contributed by atoms with Gasteiger partial charge in [0, 0.05) is 26.3 Å². The van der Waals surface area contributed by atoms with Gasteiger partial charge >= 0.3 is 0 Å². The van der Waals surface area contributed by atoms with Gasteiger partial charge in [0.05, 0.1) is 12.2 Å². The van der Waals surface area contributed by atoms with Crippen LogP contribution in [-0.4, -0.2) is 37.0 Å². The molecule has 0 saturated carbocycles. The van der Waals surface area contributed by atoms with Crippen LogP contribution < -0.4 is 10.6 Å². The molecule has 5 nitrogen and oxygen atoms in total. The van der Waals surface area contributed by atoms with Crippen molar-refractivity contribution in [1.82, 2.24) is 20.5 Å². The standard InChI is InChI=1S/C18H25N5.HI/c1-19-18(22-13-17-10-6-7-11-20-17)21-12-15-8-4-5-9-16(15)14-23(2)3;/h4-11H,12-14H2,1-3H3,(H2,19,21,22);1H. The molecule has 0 radical (unpaired) electrons. The number of nitrogens with zero attached hydrogens (tertiary/aromatic N) is 3. The molecule has 0 saturated heterocycles. The number of hydrogen-bond donors (Lipinski definition) is 2. The Morgan fingerprint density at radius 2 is 1.67 bits per heavy atom. The third kappa shape index (κ3) is 6.84. The number of hydrogen-bond acceptors (Lipinski definition) is 3. The molecular formula is C18H26IN5. The van der Waals surface area contributed by atoms with Crippen LogP contribution in [0.2, 0.25) is 0 Å². The van der Waals surface area contributed by atoms with Gasteiger partial charge in [0.15, 0.2) is 5.96 Å². The van der Waals surface area contributed by atoms with Crippen LogP contribution in [-0.2, 0) is 19.6 Å². The summed E-state index contributed by atoms with van der Waals surface area (Å²) in [6.07, 6.45) is 1.80. The molecule has 1 aromatic heterocycles. The molecule has 2 aromatic rings. The van der Waals surface area contributed by atoms with Gasteiger partial charge in [-0.05, 0) is 37.4 Å². The quantitative estimate of drug-likeness (QED) is 0.413. The van der Waals surface area contributed by atoms with E-state index in [4.69, 9.17) is 0 Å². The van der Waals surface area contributed by atoms with Crippen LogP contribution in [0.25, 0.3) is 0 Å². The predicted octanol–water partition coefficient (Wildman–Crippen LogP) is 2.63. The molecule has 24 heavy (non-hydrogen) atoms. The second-order valence-electron chi connectivity index (χ2n) is 5.61. The van der Waals surface area contributed by atoms with Crippen molar-refractivity contribution in [3.63, 3.8) is 0 Å². The van der Waals surface area contributed by atoms with E-state index in [0.29, 0.717) is 6.54 Å². The van der Waals surface area contributed by atoms with Gasteiger partial charge < -0.3 is 15.5 Å². The molecule has 6 heteroatoms. The molecular weight excluding hydrogens is 413 g/mol. The van der Waals surface area contributed by atoms with E-state index < -0.39 is 0 Å². The molecule has 0 atom stereocenters. The highest BCUT2D eigenvalue weighted by molar-refractivity contribution is 14.0. The van der Waals surface area contributed by atoms with Gasteiger partial charge in [-0.1, -0.05) is 30.3 Å². The van der Waals surface area contributed by atoms with E-state index in [1.165, 1.54) is 11.1 Å². The fourth-order valence-electron chi connectivity index (χ4n) is 2.30. The molecule has 1 heterocycles. The first kappa shape index (κ1) is 20.4. The number of halogens is 1. The van der Waals surface area contributed by atoms with Crippen LogP contribution >= 0.6 is 24.0 Å². The first-order valence-electron chi connectivity index (χ1n) is 7.75. The highest BCUT2D eigenvalue weighted by Crippen LogP contribution is 2.10. The highest BCUT2D eigenvalue weighted by atomic mass is 127. The minimum Gasteiger partial charge on any atom is -0.352 e. The number of pyridine rings is 1. The fourth-order valence-corrected chi connectivity index (χ4v) is 2.30. The van der Waals surface area contributed by atoms with Crippen LogP contribution in [0.1, 0.15) is 16.8 Å². The van der Waals surface area contributed by atoms with E-state index in [2.05, 4.69) is 63.9 Å². The third-order valence-electron chi connectivity index (χ3n) is 3.44. The van der Waals surface area contributed by atoms with E-state index in [1.54, 1.807) is 13.2 Å². The zero-order valence-corrected chi connectivity index (χ0v) is 16.8. The van der Waals surface area contributed by atoms with Crippen molar-refractivity contribution in [3.05, 3.63) is 65.5 Å². The van der Waals surface area contributed by atoms with E-state index >= 15 is 0 Å². The predicted molar refractivity (Wildman–Crippen MR) is 111 cm³/mol. The zero-order valence-electron chi connectivity index (χ0n) is 14.5. The second-order valence-corrected chi connectivity index (χ2v) is 5.61. The summed E-state index contributed by atoms with van der Waals surface area (Å²) in [5.41, 5.74) is 3.59. The Kier molecular flexibility index (Phi) is 9.33. The van der Waals surface area contributed by atoms with E-state index in [9.17, 15) is 0 Å². The van der Waals surface area contributed by atoms with Crippen LogP contribution in [0.15, 0.2) is 53.7 Å². The summed E-state index contributed by atoms with van der Waals surface area (Å²) in [6.45, 7) is 2.32. The smallest absolute Gasteiger partial charge is 0.191 e. The summed E-state index contributed by atoms with van der Waals surface area (Å²) >= 11 is 0. The minimum absolute atomic E-state index is 0. The van der Waals surface area contributed by atoms with Crippen molar-refractivity contribution in [2.24, 2.45) is 4.99 Å². The van der Waals surface area contributed by atoms with E-state index in [0.717, 1.165) is 24.7 Å². The average molecular weight is 439 g/mol. The molecule has 130 valence electrons. The van der Waals surface area contributed by atoms with Crippen molar-refractivity contribution in [1.29, 1.82) is 0 Å². The van der Waals surface area contributed by atoms with E-state index in [-0.39, 0.29) is 24.0 Å². The van der Waals surface area contributed by atoms with Gasteiger partial charge in [-0.25, -0.2) is 0 Å². The lowest BCUT2D eigenvalue weighted by Crippen LogP contribution is -2.36. The minimum atomic E-state index is 0. The van der Waals surface area contributed by atoms with Crippen molar-refractivity contribution < 1.29 is 0 Å². The summed E-state index contributed by atoms with van der Waals surface area (Å²) in [5.74, 6) is 0.773. The maximum absolute atomic E-state index is 4.30. The Morgan fingerprint density at radius 1 is 1.00 bits per heavy atom. The fraction of sp³-hybridized carbons (Fsp3) is 0.333. The summed E-state index contributed by atoms with van der Waals surface area (Å²) in [7, 11) is 5.94. The average Bonchev–Trinajstić information content (AvgIpc) is 2.57. The van der Waals surface area contributed by atoms with Gasteiger partial charge in [0.25, 0.3) is 0 Å². The van der Waals surface area contributed by atoms with Gasteiger partial charge in [0.1, 0.15) is 0 Å². The first-order chi connectivity index (χ1) is 11.2. The van der Waals surface area contributed by atoms with Gasteiger partial charge in [0.2, 0.25) is 0 Å². The third-order valence-corrected chi connectivity index (χ3v) is 3.44. The molecule has 0 aliphatic rings. The summed E-state index contributed by atoms with van der Waals surface area (Å²) in [6, 6.07) is 14.4. The first-order valence-corrected chi connectivity index (χ1v) is 7.75. The molecule has 2 rings (SSSR count). The Bertz CT molecular complexity index is 628. The Balaban J connectivity index is 0.00000288. The van der Waals surface area contributed by atoms with Crippen LogP contribution in [0.5, 0.6) is 0 Å². The van der Waals surface area contributed by atoms with Gasteiger partial charge in [-0.2, -0.15) is 0 Å². The Morgan fingerprint density at radius 3 is 2.29 bits per heavy atom. The number of aromatic nitrogens is 1.